The van der Waals surface area contributed by atoms with E-state index in [0.29, 0.717) is 19.3 Å². The SMILES string of the molecule is CC/C=C/C/C=C/C/C=C/C/C=C/C/C=C/CCCCCCCCCC(=O)OC(COCCC(C(=O)O)[N+](C)(C)C)COC(=O)CCCCCCCCCCCCCCCCCCCC. The first-order valence-corrected chi connectivity index (χ1v) is 26.8. The van der Waals surface area contributed by atoms with Crippen molar-refractivity contribution in [3.05, 3.63) is 60.8 Å². The Kier molecular flexibility index (Phi) is 45.3. The van der Waals surface area contributed by atoms with Crippen LogP contribution < -0.4 is 0 Å². The number of carboxylic acid groups (broad SMARTS) is 1. The summed E-state index contributed by atoms with van der Waals surface area (Å²) in [5.74, 6) is -1.47. The smallest absolute Gasteiger partial charge is 0.362 e. The molecule has 0 rings (SSSR count). The summed E-state index contributed by atoms with van der Waals surface area (Å²) in [5, 5.41) is 9.66. The maximum atomic E-state index is 12.8. The van der Waals surface area contributed by atoms with Gasteiger partial charge in [0, 0.05) is 19.3 Å². The summed E-state index contributed by atoms with van der Waals surface area (Å²) in [6.45, 7) is 4.64. The van der Waals surface area contributed by atoms with Crippen LogP contribution in [0, 0.1) is 0 Å². The van der Waals surface area contributed by atoms with Gasteiger partial charge in [-0.15, -0.1) is 0 Å². The Labute approximate surface area is 400 Å². The summed E-state index contributed by atoms with van der Waals surface area (Å²) in [5.41, 5.74) is 0. The standard InChI is InChI=1S/C57H101NO7/c1-6-8-10-12-14-16-18-20-22-24-26-27-28-29-30-32-34-36-38-40-42-44-46-48-56(60)65-53(51-63-50-49-54(57(61)62)58(3,4)5)52-64-55(59)47-45-43-41-39-37-35-33-31-25-23-21-19-17-15-13-11-9-7-2/h8,10,14,16,20,22,26-27,29-30,53-54H,6-7,9,11-13,15,17-19,21,23-25,28,31-52H2,1-5H3/p+1/b10-8+,16-14+,22-20+,27-26+,30-29+. The molecule has 0 aliphatic rings. The van der Waals surface area contributed by atoms with E-state index in [1.807, 2.05) is 21.1 Å². The molecular weight excluding hydrogens is 811 g/mol. The first kappa shape index (κ1) is 62.0. The summed E-state index contributed by atoms with van der Waals surface area (Å²) in [6.07, 6.45) is 59.8. The Balaban J connectivity index is 4.24. The quantitative estimate of drug-likeness (QED) is 0.0281. The van der Waals surface area contributed by atoms with E-state index in [9.17, 15) is 19.5 Å². The summed E-state index contributed by atoms with van der Waals surface area (Å²) in [7, 11) is 5.54. The van der Waals surface area contributed by atoms with Gasteiger partial charge < -0.3 is 23.8 Å². The normalized spacial score (nSPS) is 13.3. The molecule has 0 saturated heterocycles. The molecule has 0 fully saturated rings. The number of hydrogen-bond acceptors (Lipinski definition) is 6. The van der Waals surface area contributed by atoms with Crippen molar-refractivity contribution in [3.8, 4) is 0 Å². The molecule has 0 radical (unpaired) electrons. The lowest BCUT2D eigenvalue weighted by atomic mass is 10.0. The van der Waals surface area contributed by atoms with Crippen molar-refractivity contribution in [2.75, 3.05) is 41.0 Å². The molecule has 0 aliphatic heterocycles. The van der Waals surface area contributed by atoms with Crippen LogP contribution in [0.25, 0.3) is 0 Å². The third kappa shape index (κ3) is 46.0. The Bertz CT molecular complexity index is 1250. The van der Waals surface area contributed by atoms with Crippen LogP contribution in [-0.4, -0.2) is 80.6 Å². The summed E-state index contributed by atoms with van der Waals surface area (Å²) in [4.78, 5) is 37.2. The molecule has 0 bridgehead atoms. The predicted molar refractivity (Wildman–Crippen MR) is 275 cm³/mol. The minimum Gasteiger partial charge on any atom is -0.477 e. The van der Waals surface area contributed by atoms with Gasteiger partial charge in [0.1, 0.15) is 6.61 Å². The lowest BCUT2D eigenvalue weighted by molar-refractivity contribution is -0.887. The van der Waals surface area contributed by atoms with E-state index in [0.717, 1.165) is 83.5 Å². The van der Waals surface area contributed by atoms with E-state index >= 15 is 0 Å². The molecule has 376 valence electrons. The summed E-state index contributed by atoms with van der Waals surface area (Å²) >= 11 is 0. The highest BCUT2D eigenvalue weighted by molar-refractivity contribution is 5.72. The van der Waals surface area contributed by atoms with Gasteiger partial charge >= 0.3 is 17.9 Å². The minimum atomic E-state index is -0.876. The van der Waals surface area contributed by atoms with Crippen LogP contribution in [0.3, 0.4) is 0 Å². The van der Waals surface area contributed by atoms with Gasteiger partial charge in [0.15, 0.2) is 12.1 Å². The number of esters is 2. The second-order valence-electron chi connectivity index (χ2n) is 19.1. The topological polar surface area (TPSA) is 99.1 Å². The third-order valence-corrected chi connectivity index (χ3v) is 11.9. The fraction of sp³-hybridized carbons (Fsp3) is 0.772. The van der Waals surface area contributed by atoms with Gasteiger partial charge in [0.05, 0.1) is 34.4 Å². The molecule has 0 aromatic carbocycles. The highest BCUT2D eigenvalue weighted by atomic mass is 16.6. The van der Waals surface area contributed by atoms with Gasteiger partial charge in [-0.2, -0.15) is 0 Å². The highest BCUT2D eigenvalue weighted by Crippen LogP contribution is 2.16. The van der Waals surface area contributed by atoms with Crippen molar-refractivity contribution in [1.29, 1.82) is 0 Å². The van der Waals surface area contributed by atoms with Crippen molar-refractivity contribution < 1.29 is 38.2 Å². The molecule has 2 unspecified atom stereocenters. The number of carboxylic acids is 1. The fourth-order valence-electron chi connectivity index (χ4n) is 7.83. The van der Waals surface area contributed by atoms with Crippen LogP contribution in [0.5, 0.6) is 0 Å². The van der Waals surface area contributed by atoms with Crippen LogP contribution in [0.1, 0.15) is 232 Å². The van der Waals surface area contributed by atoms with Gasteiger partial charge in [-0.1, -0.05) is 216 Å². The molecule has 0 spiro atoms. The number of ether oxygens (including phenoxy) is 3. The average molecular weight is 913 g/mol. The van der Waals surface area contributed by atoms with Crippen LogP contribution in [0.2, 0.25) is 0 Å². The molecule has 0 heterocycles. The van der Waals surface area contributed by atoms with Crippen LogP contribution >= 0.6 is 0 Å². The zero-order chi connectivity index (χ0) is 47.7. The highest BCUT2D eigenvalue weighted by Gasteiger charge is 2.31. The molecule has 1 N–H and O–H groups in total. The maximum absolute atomic E-state index is 12.8. The lowest BCUT2D eigenvalue weighted by Crippen LogP contribution is -2.50. The molecule has 2 atom stereocenters. The first-order chi connectivity index (χ1) is 31.6. The number of likely N-dealkylation sites (N-methyl/N-ethyl adjacent to an activating group) is 1. The molecule has 8 heteroatoms. The molecule has 0 aromatic rings. The number of carbonyl (C=O) groups excluding carboxylic acids is 2. The monoisotopic (exact) mass is 913 g/mol. The van der Waals surface area contributed by atoms with Crippen molar-refractivity contribution in [2.45, 2.75) is 244 Å². The molecule has 0 amide bonds. The second kappa shape index (κ2) is 47.5. The molecular formula is C57H102NO7+. The maximum Gasteiger partial charge on any atom is 0.362 e. The number of nitrogens with zero attached hydrogens (tertiary/aromatic N) is 1. The van der Waals surface area contributed by atoms with Gasteiger partial charge in [-0.25, -0.2) is 4.79 Å². The van der Waals surface area contributed by atoms with Crippen molar-refractivity contribution in [2.24, 2.45) is 0 Å². The number of rotatable bonds is 48. The zero-order valence-corrected chi connectivity index (χ0v) is 42.9. The number of allylic oxidation sites excluding steroid dienone is 10. The van der Waals surface area contributed by atoms with Crippen LogP contribution in [-0.2, 0) is 28.6 Å². The number of unbranched alkanes of at least 4 members (excludes halogenated alkanes) is 24. The van der Waals surface area contributed by atoms with E-state index in [1.165, 1.54) is 116 Å². The summed E-state index contributed by atoms with van der Waals surface area (Å²) < 4.78 is 17.4. The van der Waals surface area contributed by atoms with E-state index in [2.05, 4.69) is 74.6 Å². The number of carbonyl (C=O) groups is 3. The van der Waals surface area contributed by atoms with Crippen LogP contribution in [0.4, 0.5) is 0 Å². The Morgan fingerprint density at radius 1 is 0.477 bits per heavy atom. The minimum absolute atomic E-state index is 0.0546. The number of aliphatic carboxylic acids is 1. The second-order valence-corrected chi connectivity index (χ2v) is 19.1. The van der Waals surface area contributed by atoms with Crippen LogP contribution in [0.15, 0.2) is 60.8 Å². The Morgan fingerprint density at radius 3 is 1.28 bits per heavy atom. The molecule has 0 aliphatic carbocycles. The average Bonchev–Trinajstić information content (AvgIpc) is 3.27. The Morgan fingerprint density at radius 2 is 0.862 bits per heavy atom. The van der Waals surface area contributed by atoms with Gasteiger partial charge in [-0.05, 0) is 57.8 Å². The fourth-order valence-corrected chi connectivity index (χ4v) is 7.83. The summed E-state index contributed by atoms with van der Waals surface area (Å²) in [6, 6.07) is -0.618. The predicted octanol–water partition coefficient (Wildman–Crippen LogP) is 15.7. The molecule has 65 heavy (non-hydrogen) atoms. The van der Waals surface area contributed by atoms with Crippen molar-refractivity contribution >= 4 is 17.9 Å². The van der Waals surface area contributed by atoms with Crippen molar-refractivity contribution in [1.82, 2.24) is 0 Å². The molecule has 0 aromatic heterocycles. The van der Waals surface area contributed by atoms with E-state index in [-0.39, 0.29) is 36.2 Å². The van der Waals surface area contributed by atoms with E-state index < -0.39 is 18.1 Å². The molecule has 8 nitrogen and oxygen atoms in total. The largest absolute Gasteiger partial charge is 0.477 e. The lowest BCUT2D eigenvalue weighted by Gasteiger charge is -2.31. The van der Waals surface area contributed by atoms with Crippen molar-refractivity contribution in [3.63, 3.8) is 0 Å². The first-order valence-electron chi connectivity index (χ1n) is 26.8. The van der Waals surface area contributed by atoms with Gasteiger partial charge in [0.2, 0.25) is 0 Å². The van der Waals surface area contributed by atoms with E-state index in [1.54, 1.807) is 0 Å². The number of hydrogen-bond donors (Lipinski definition) is 1. The van der Waals surface area contributed by atoms with E-state index in [4.69, 9.17) is 14.2 Å². The molecule has 0 saturated carbocycles. The zero-order valence-electron chi connectivity index (χ0n) is 42.9. The Hall–Kier alpha value is -2.97. The number of quaternary nitrogens is 1. The third-order valence-electron chi connectivity index (χ3n) is 11.9. The van der Waals surface area contributed by atoms with Gasteiger partial charge in [-0.3, -0.25) is 9.59 Å². The van der Waals surface area contributed by atoms with Gasteiger partial charge in [0.25, 0.3) is 0 Å².